The van der Waals surface area contributed by atoms with Crippen LogP contribution in [-0.2, 0) is 14.3 Å². The Hall–Kier alpha value is -3.34. The molecule has 5 aromatic rings. The first-order valence-electron chi connectivity index (χ1n) is 17.0. The van der Waals surface area contributed by atoms with Gasteiger partial charge in [-0.2, -0.15) is 5.10 Å². The van der Waals surface area contributed by atoms with Crippen LogP contribution in [0.4, 0.5) is 0 Å². The maximum absolute atomic E-state index is 12.8. The highest BCUT2D eigenvalue weighted by atomic mass is 35.5. The van der Waals surface area contributed by atoms with Gasteiger partial charge in [-0.1, -0.05) is 23.7 Å². The van der Waals surface area contributed by atoms with Crippen molar-refractivity contribution in [2.45, 2.75) is 83.1 Å². The van der Waals surface area contributed by atoms with E-state index in [2.05, 4.69) is 27.8 Å². The smallest absolute Gasteiger partial charge is 0.337 e. The topological polar surface area (TPSA) is 89.7 Å². The molecule has 0 spiro atoms. The van der Waals surface area contributed by atoms with E-state index in [9.17, 15) is 9.90 Å². The molecule has 8 rings (SSSR count). The van der Waals surface area contributed by atoms with Gasteiger partial charge in [0, 0.05) is 33.0 Å². The first kappa shape index (κ1) is 31.9. The van der Waals surface area contributed by atoms with Gasteiger partial charge in [0.15, 0.2) is 6.10 Å². The van der Waals surface area contributed by atoms with E-state index >= 15 is 0 Å². The molecule has 0 bridgehead atoms. The highest BCUT2D eigenvalue weighted by Crippen LogP contribution is 2.46. The van der Waals surface area contributed by atoms with Crippen molar-refractivity contribution in [2.75, 3.05) is 26.3 Å². The van der Waals surface area contributed by atoms with Crippen LogP contribution in [0.2, 0.25) is 5.02 Å². The van der Waals surface area contributed by atoms with Gasteiger partial charge in [0.2, 0.25) is 0 Å². The number of likely N-dealkylation sites (tertiary alicyclic amines) is 1. The Balaban J connectivity index is 1.24. The van der Waals surface area contributed by atoms with Gasteiger partial charge in [-0.3, -0.25) is 9.58 Å². The number of ether oxygens (including phenoxy) is 2. The average Bonchev–Trinajstić information content (AvgIpc) is 3.67. The van der Waals surface area contributed by atoms with Crippen molar-refractivity contribution in [1.29, 1.82) is 0 Å². The largest absolute Gasteiger partial charge is 0.479 e. The predicted molar refractivity (Wildman–Crippen MR) is 191 cm³/mol. The van der Waals surface area contributed by atoms with Gasteiger partial charge >= 0.3 is 5.97 Å². The monoisotopic (exact) mass is 684 g/mol. The Labute approximate surface area is 289 Å². The Kier molecular flexibility index (Phi) is 8.12. The number of carboxylic acid groups (broad SMARTS) is 1. The van der Waals surface area contributed by atoms with E-state index in [1.165, 1.54) is 29.4 Å². The third kappa shape index (κ3) is 5.94. The molecule has 2 aromatic heterocycles. The lowest BCUT2D eigenvalue weighted by Crippen LogP contribution is -2.51. The number of aryl methyl sites for hydroxylation is 1. The highest BCUT2D eigenvalue weighted by Gasteiger charge is 2.35. The molecule has 1 unspecified atom stereocenters. The Morgan fingerprint density at radius 3 is 2.35 bits per heavy atom. The summed E-state index contributed by atoms with van der Waals surface area (Å²) in [5.74, 6) is -0.599. The summed E-state index contributed by atoms with van der Waals surface area (Å²) in [4.78, 5) is 20.5. The summed E-state index contributed by atoms with van der Waals surface area (Å²) in [5, 5.41) is 18.5. The molecular weight excluding hydrogens is 644 g/mol. The molecule has 1 atom stereocenters. The molecule has 8 nitrogen and oxygen atoms in total. The zero-order valence-electron chi connectivity index (χ0n) is 27.8. The maximum Gasteiger partial charge on any atom is 0.337 e. The minimum atomic E-state index is -1.15. The van der Waals surface area contributed by atoms with Crippen LogP contribution in [0.1, 0.15) is 81.3 Å². The van der Waals surface area contributed by atoms with Gasteiger partial charge in [-0.25, -0.2) is 9.78 Å². The van der Waals surface area contributed by atoms with E-state index in [0.717, 1.165) is 76.6 Å². The van der Waals surface area contributed by atoms with Crippen molar-refractivity contribution in [2.24, 2.45) is 0 Å². The number of aromatic nitrogens is 3. The molecule has 0 amide bonds. The number of carboxylic acids is 1. The number of thiazole rings is 1. The van der Waals surface area contributed by atoms with Crippen LogP contribution in [0.3, 0.4) is 0 Å². The van der Waals surface area contributed by atoms with Gasteiger partial charge in [0.05, 0.1) is 52.3 Å². The van der Waals surface area contributed by atoms with E-state index in [1.807, 2.05) is 58.0 Å². The molecule has 1 saturated carbocycles. The summed E-state index contributed by atoms with van der Waals surface area (Å²) in [6, 6.07) is 17.3. The second-order valence-corrected chi connectivity index (χ2v) is 16.0. The van der Waals surface area contributed by atoms with Gasteiger partial charge in [-0.05, 0) is 114 Å². The van der Waals surface area contributed by atoms with E-state index in [4.69, 9.17) is 31.2 Å². The zero-order valence-corrected chi connectivity index (χ0v) is 29.4. The van der Waals surface area contributed by atoms with E-state index in [1.54, 1.807) is 11.3 Å². The Bertz CT molecular complexity index is 2010. The molecule has 48 heavy (non-hydrogen) atoms. The fourth-order valence-electron chi connectivity index (χ4n) is 7.33. The second kappa shape index (κ2) is 12.2. The van der Waals surface area contributed by atoms with Crippen LogP contribution in [0, 0.1) is 6.92 Å². The number of aliphatic carboxylic acids is 1. The van der Waals surface area contributed by atoms with Crippen molar-refractivity contribution < 1.29 is 19.4 Å². The number of piperidine rings is 1. The molecule has 0 radical (unpaired) electrons. The number of fused-ring (bicyclic) bond motifs is 2. The number of hydrogen-bond donors (Lipinski definition) is 1. The molecule has 2 saturated heterocycles. The Morgan fingerprint density at radius 2 is 1.73 bits per heavy atom. The lowest BCUT2D eigenvalue weighted by Gasteiger charge is -2.41. The highest BCUT2D eigenvalue weighted by molar-refractivity contribution is 7.22. The average molecular weight is 685 g/mol. The number of halogens is 1. The standard InChI is InChI=1S/C38H41ClN4O4S/c1-21-17-29-35(32(22-5-8-25(39)9-6-22)31(21)34(37(44)45)47-38(2,3)4)48-36(40-29)24-7-12-30-28(18-24)33(41-43(30)26-10-11-26)23-13-15-42(16-14-23)27-19-46-20-27/h5-9,12,17-18,23,26-27,34H,10-11,13-16,19-20H2,1-4H3,(H,44,45). The molecule has 1 N–H and O–H groups in total. The molecular formula is C38H41ClN4O4S. The van der Waals surface area contributed by atoms with Crippen LogP contribution in [0.5, 0.6) is 0 Å². The second-order valence-electron chi connectivity index (χ2n) is 14.6. The quantitative estimate of drug-likeness (QED) is 0.175. The van der Waals surface area contributed by atoms with Gasteiger partial charge in [-0.15, -0.1) is 11.3 Å². The number of hydrogen-bond acceptors (Lipinski definition) is 7. The lowest BCUT2D eigenvalue weighted by atomic mass is 9.90. The third-order valence-corrected chi connectivity index (χ3v) is 11.3. The SMILES string of the molecule is Cc1cc2nc(-c3ccc4c(c3)c(C3CCN(C5COC5)CC3)nn4C3CC3)sc2c(-c2ccc(Cl)cc2)c1C(OC(C)(C)C)C(=O)O. The van der Waals surface area contributed by atoms with E-state index < -0.39 is 17.7 Å². The van der Waals surface area contributed by atoms with Crippen molar-refractivity contribution >= 4 is 50.0 Å². The molecule has 250 valence electrons. The third-order valence-electron chi connectivity index (χ3n) is 9.95. The number of benzene rings is 3. The number of carbonyl (C=O) groups is 1. The number of nitrogens with zero attached hydrogens (tertiary/aromatic N) is 4. The zero-order chi connectivity index (χ0) is 33.3. The summed E-state index contributed by atoms with van der Waals surface area (Å²) in [6.07, 6.45) is 3.42. The predicted octanol–water partition coefficient (Wildman–Crippen LogP) is 8.80. The Morgan fingerprint density at radius 1 is 1.02 bits per heavy atom. The lowest BCUT2D eigenvalue weighted by molar-refractivity contribution is -0.160. The van der Waals surface area contributed by atoms with Crippen molar-refractivity contribution in [3.63, 3.8) is 0 Å². The molecule has 3 aliphatic rings. The summed E-state index contributed by atoms with van der Waals surface area (Å²) >= 11 is 7.90. The molecule has 3 fully saturated rings. The summed E-state index contributed by atoms with van der Waals surface area (Å²) in [6.45, 7) is 11.5. The molecule has 2 aliphatic heterocycles. The van der Waals surface area contributed by atoms with Crippen LogP contribution >= 0.6 is 22.9 Å². The number of rotatable bonds is 8. The minimum absolute atomic E-state index is 0.424. The fourth-order valence-corrected chi connectivity index (χ4v) is 8.58. The van der Waals surface area contributed by atoms with Crippen LogP contribution in [0.15, 0.2) is 48.5 Å². The summed E-state index contributed by atoms with van der Waals surface area (Å²) in [5.41, 5.74) is 6.81. The fraction of sp³-hybridized carbons (Fsp3) is 0.447. The molecule has 4 heterocycles. The van der Waals surface area contributed by atoms with Crippen molar-refractivity contribution in [1.82, 2.24) is 19.7 Å². The van der Waals surface area contributed by atoms with Crippen LogP contribution in [0.25, 0.3) is 42.8 Å². The van der Waals surface area contributed by atoms with Crippen LogP contribution in [-0.4, -0.2) is 68.7 Å². The first-order chi connectivity index (χ1) is 23.0. The van der Waals surface area contributed by atoms with Crippen molar-refractivity contribution in [3.05, 3.63) is 70.4 Å². The molecule has 3 aromatic carbocycles. The molecule has 10 heteroatoms. The van der Waals surface area contributed by atoms with Gasteiger partial charge in [0.25, 0.3) is 0 Å². The first-order valence-corrected chi connectivity index (χ1v) is 18.2. The normalized spacial score (nSPS) is 18.9. The summed E-state index contributed by atoms with van der Waals surface area (Å²) in [7, 11) is 0. The summed E-state index contributed by atoms with van der Waals surface area (Å²) < 4.78 is 14.9. The van der Waals surface area contributed by atoms with E-state index in [-0.39, 0.29) is 0 Å². The van der Waals surface area contributed by atoms with E-state index in [0.29, 0.717) is 28.6 Å². The van der Waals surface area contributed by atoms with Crippen molar-refractivity contribution in [3.8, 4) is 21.7 Å². The van der Waals surface area contributed by atoms with Gasteiger partial charge < -0.3 is 14.6 Å². The van der Waals surface area contributed by atoms with Crippen LogP contribution < -0.4 is 0 Å². The minimum Gasteiger partial charge on any atom is -0.479 e. The van der Waals surface area contributed by atoms with Gasteiger partial charge in [0.1, 0.15) is 5.01 Å². The maximum atomic E-state index is 12.8. The molecule has 1 aliphatic carbocycles.